The summed E-state index contributed by atoms with van der Waals surface area (Å²) in [6.07, 6.45) is 0. The van der Waals surface area contributed by atoms with Gasteiger partial charge < -0.3 is 5.32 Å². The Hall–Kier alpha value is -1.03. The summed E-state index contributed by atoms with van der Waals surface area (Å²) in [6, 6.07) is 1.79. The summed E-state index contributed by atoms with van der Waals surface area (Å²) in [6.45, 7) is 3.49. The number of anilines is 1. The first-order chi connectivity index (χ1) is 6.00. The number of aryl methyl sites for hydroxylation is 2. The van der Waals surface area contributed by atoms with E-state index in [0.29, 0.717) is 5.82 Å². The molecule has 72 valence electrons. The molecule has 0 radical (unpaired) electrons. The highest BCUT2D eigenvalue weighted by atomic mass is 35.5. The van der Waals surface area contributed by atoms with Crippen molar-refractivity contribution in [2.75, 3.05) is 5.32 Å². The number of carbonyl (C=O) groups is 1. The van der Waals surface area contributed by atoms with E-state index in [0.717, 1.165) is 5.69 Å². The van der Waals surface area contributed by atoms with E-state index in [2.05, 4.69) is 10.4 Å². The van der Waals surface area contributed by atoms with Crippen LogP contribution in [0.4, 0.5) is 5.82 Å². The second kappa shape index (κ2) is 3.79. The fraction of sp³-hybridized carbons (Fsp3) is 0.500. The van der Waals surface area contributed by atoms with Crippen LogP contribution in [-0.4, -0.2) is 21.1 Å². The van der Waals surface area contributed by atoms with Gasteiger partial charge in [-0.25, -0.2) is 0 Å². The van der Waals surface area contributed by atoms with E-state index < -0.39 is 5.38 Å². The van der Waals surface area contributed by atoms with Gasteiger partial charge in [-0.2, -0.15) is 5.10 Å². The minimum absolute atomic E-state index is 0.218. The number of amides is 1. The maximum atomic E-state index is 11.2. The summed E-state index contributed by atoms with van der Waals surface area (Å²) >= 11 is 5.60. The molecule has 0 aliphatic heterocycles. The van der Waals surface area contributed by atoms with Crippen molar-refractivity contribution in [1.82, 2.24) is 9.78 Å². The number of nitrogens with zero attached hydrogens (tertiary/aromatic N) is 2. The number of hydrogen-bond acceptors (Lipinski definition) is 2. The molecule has 0 fully saturated rings. The van der Waals surface area contributed by atoms with Gasteiger partial charge in [-0.05, 0) is 13.8 Å². The minimum atomic E-state index is -0.532. The van der Waals surface area contributed by atoms with Gasteiger partial charge >= 0.3 is 0 Å². The third kappa shape index (κ3) is 2.45. The molecule has 1 atom stereocenters. The Kier molecular flexibility index (Phi) is 2.93. The van der Waals surface area contributed by atoms with Crippen LogP contribution >= 0.6 is 11.6 Å². The zero-order valence-corrected chi connectivity index (χ0v) is 8.59. The molecule has 0 spiro atoms. The molecule has 1 aromatic heterocycles. The Morgan fingerprint density at radius 2 is 2.38 bits per heavy atom. The van der Waals surface area contributed by atoms with Gasteiger partial charge in [-0.1, -0.05) is 0 Å². The van der Waals surface area contributed by atoms with Crippen LogP contribution in [0.2, 0.25) is 0 Å². The van der Waals surface area contributed by atoms with Crippen LogP contribution in [0.15, 0.2) is 6.07 Å². The maximum absolute atomic E-state index is 11.2. The Labute approximate surface area is 81.9 Å². The molecule has 5 heteroatoms. The molecule has 13 heavy (non-hydrogen) atoms. The molecule has 1 unspecified atom stereocenters. The Morgan fingerprint density at radius 3 is 2.77 bits per heavy atom. The van der Waals surface area contributed by atoms with Gasteiger partial charge in [0.25, 0.3) is 0 Å². The third-order valence-electron chi connectivity index (χ3n) is 1.61. The molecule has 0 bridgehead atoms. The predicted octanol–water partition coefficient (Wildman–Crippen LogP) is 1.29. The molecular formula is C8H12ClN3O. The molecule has 0 aliphatic carbocycles. The maximum Gasteiger partial charge on any atom is 0.243 e. The van der Waals surface area contributed by atoms with Gasteiger partial charge in [-0.3, -0.25) is 9.48 Å². The van der Waals surface area contributed by atoms with Gasteiger partial charge in [0.15, 0.2) is 0 Å². The van der Waals surface area contributed by atoms with Crippen LogP contribution in [0.5, 0.6) is 0 Å². The molecular weight excluding hydrogens is 190 g/mol. The van der Waals surface area contributed by atoms with Gasteiger partial charge in [-0.15, -0.1) is 11.6 Å². The van der Waals surface area contributed by atoms with Crippen molar-refractivity contribution in [3.8, 4) is 0 Å². The van der Waals surface area contributed by atoms with E-state index >= 15 is 0 Å². The lowest BCUT2D eigenvalue weighted by Crippen LogP contribution is -2.21. The van der Waals surface area contributed by atoms with E-state index in [-0.39, 0.29) is 5.91 Å². The minimum Gasteiger partial charge on any atom is -0.310 e. The molecule has 0 aromatic carbocycles. The van der Waals surface area contributed by atoms with Crippen LogP contribution in [-0.2, 0) is 11.8 Å². The van der Waals surface area contributed by atoms with E-state index in [1.54, 1.807) is 24.7 Å². The highest BCUT2D eigenvalue weighted by Gasteiger charge is 2.11. The number of nitrogens with one attached hydrogen (secondary N) is 1. The summed E-state index contributed by atoms with van der Waals surface area (Å²) in [5, 5.41) is 6.21. The summed E-state index contributed by atoms with van der Waals surface area (Å²) in [4.78, 5) is 11.2. The van der Waals surface area contributed by atoms with E-state index in [1.807, 2.05) is 6.92 Å². The van der Waals surface area contributed by atoms with E-state index in [9.17, 15) is 4.79 Å². The van der Waals surface area contributed by atoms with Crippen LogP contribution in [0, 0.1) is 6.92 Å². The van der Waals surface area contributed by atoms with Crippen molar-refractivity contribution in [3.05, 3.63) is 11.8 Å². The molecule has 1 heterocycles. The quantitative estimate of drug-likeness (QED) is 0.734. The first-order valence-electron chi connectivity index (χ1n) is 3.96. The molecule has 0 saturated carbocycles. The number of hydrogen-bond donors (Lipinski definition) is 1. The molecule has 0 aliphatic rings. The second-order valence-corrected chi connectivity index (χ2v) is 3.55. The summed E-state index contributed by atoms with van der Waals surface area (Å²) < 4.78 is 1.60. The SMILES string of the molecule is Cc1cc(NC(=O)C(C)Cl)n(C)n1. The van der Waals surface area contributed by atoms with Crippen LogP contribution in [0.3, 0.4) is 0 Å². The highest BCUT2D eigenvalue weighted by Crippen LogP contribution is 2.09. The first kappa shape index (κ1) is 10.1. The third-order valence-corrected chi connectivity index (χ3v) is 1.81. The summed E-state index contributed by atoms with van der Waals surface area (Å²) in [5.41, 5.74) is 0.861. The average molecular weight is 202 g/mol. The van der Waals surface area contributed by atoms with Crippen molar-refractivity contribution in [2.24, 2.45) is 7.05 Å². The standard InChI is InChI=1S/C8H12ClN3O/c1-5-4-7(12(3)11-5)10-8(13)6(2)9/h4,6H,1-3H3,(H,10,13). The largest absolute Gasteiger partial charge is 0.310 e. The molecule has 0 saturated heterocycles. The highest BCUT2D eigenvalue weighted by molar-refractivity contribution is 6.32. The van der Waals surface area contributed by atoms with Crippen molar-refractivity contribution in [2.45, 2.75) is 19.2 Å². The zero-order valence-electron chi connectivity index (χ0n) is 7.84. The summed E-state index contributed by atoms with van der Waals surface area (Å²) in [5.74, 6) is 0.444. The molecule has 1 aromatic rings. The smallest absolute Gasteiger partial charge is 0.243 e. The topological polar surface area (TPSA) is 46.9 Å². The normalized spacial score (nSPS) is 12.6. The fourth-order valence-electron chi connectivity index (χ4n) is 0.953. The number of rotatable bonds is 2. The van der Waals surface area contributed by atoms with Crippen molar-refractivity contribution >= 4 is 23.3 Å². The van der Waals surface area contributed by atoms with Gasteiger partial charge in [0.1, 0.15) is 11.2 Å². The fourth-order valence-corrected chi connectivity index (χ4v) is 1.01. The van der Waals surface area contributed by atoms with Crippen LogP contribution in [0.25, 0.3) is 0 Å². The first-order valence-corrected chi connectivity index (χ1v) is 4.40. The van der Waals surface area contributed by atoms with Gasteiger partial charge in [0, 0.05) is 13.1 Å². The number of alkyl halides is 1. The molecule has 4 nitrogen and oxygen atoms in total. The lowest BCUT2D eigenvalue weighted by molar-refractivity contribution is -0.115. The number of carbonyl (C=O) groups excluding carboxylic acids is 1. The van der Waals surface area contributed by atoms with Gasteiger partial charge in [0.05, 0.1) is 5.69 Å². The van der Waals surface area contributed by atoms with Crippen molar-refractivity contribution in [3.63, 3.8) is 0 Å². The van der Waals surface area contributed by atoms with Gasteiger partial charge in [0.2, 0.25) is 5.91 Å². The van der Waals surface area contributed by atoms with Crippen molar-refractivity contribution in [1.29, 1.82) is 0 Å². The zero-order chi connectivity index (χ0) is 10.0. The number of halogens is 1. The Balaban J connectivity index is 2.74. The molecule has 1 amide bonds. The Bertz CT molecular complexity index is 319. The summed E-state index contributed by atoms with van der Waals surface area (Å²) in [7, 11) is 1.77. The predicted molar refractivity (Wildman–Crippen MR) is 51.9 cm³/mol. The van der Waals surface area contributed by atoms with E-state index in [4.69, 9.17) is 11.6 Å². The number of aromatic nitrogens is 2. The van der Waals surface area contributed by atoms with E-state index in [1.165, 1.54) is 0 Å². The molecule has 1 rings (SSSR count). The second-order valence-electron chi connectivity index (χ2n) is 2.90. The van der Waals surface area contributed by atoms with Crippen molar-refractivity contribution < 1.29 is 4.79 Å². The lowest BCUT2D eigenvalue weighted by Gasteiger charge is -2.05. The van der Waals surface area contributed by atoms with Crippen LogP contribution < -0.4 is 5.32 Å². The Morgan fingerprint density at radius 1 is 1.77 bits per heavy atom. The lowest BCUT2D eigenvalue weighted by atomic mass is 10.4. The monoisotopic (exact) mass is 201 g/mol. The molecule has 1 N–H and O–H groups in total. The average Bonchev–Trinajstić information content (AvgIpc) is 2.30. The van der Waals surface area contributed by atoms with Crippen LogP contribution in [0.1, 0.15) is 12.6 Å².